The summed E-state index contributed by atoms with van der Waals surface area (Å²) in [5, 5.41) is 9.47. The van der Waals surface area contributed by atoms with Crippen LogP contribution < -0.4 is 16.1 Å². The number of furan rings is 1. The summed E-state index contributed by atoms with van der Waals surface area (Å²) >= 11 is 5.82. The third-order valence-electron chi connectivity index (χ3n) is 3.84. The minimum Gasteiger partial charge on any atom is -0.467 e. The molecule has 3 N–H and O–H groups in total. The van der Waals surface area contributed by atoms with Crippen LogP contribution >= 0.6 is 11.6 Å². The third-order valence-corrected chi connectivity index (χ3v) is 4.09. The summed E-state index contributed by atoms with van der Waals surface area (Å²) in [6.45, 7) is 0.0956. The number of nitrogens with one attached hydrogen (secondary N) is 3. The predicted molar refractivity (Wildman–Crippen MR) is 112 cm³/mol. The van der Waals surface area contributed by atoms with Crippen molar-refractivity contribution in [3.05, 3.63) is 88.8 Å². The first-order chi connectivity index (χ1) is 14.5. The van der Waals surface area contributed by atoms with Crippen molar-refractivity contribution >= 4 is 41.2 Å². The number of benzene rings is 2. The second kappa shape index (κ2) is 10.0. The maximum atomic E-state index is 12.3. The maximum Gasteiger partial charge on any atom is 0.329 e. The Balaban J connectivity index is 1.52. The second-order valence-corrected chi connectivity index (χ2v) is 6.48. The molecule has 3 rings (SSSR count). The molecule has 30 heavy (non-hydrogen) atoms. The van der Waals surface area contributed by atoms with Gasteiger partial charge in [-0.05, 0) is 54.1 Å². The third kappa shape index (κ3) is 6.05. The molecule has 0 aliphatic rings. The van der Waals surface area contributed by atoms with Crippen LogP contribution in [0.4, 0.5) is 5.69 Å². The Kier molecular flexibility index (Phi) is 6.96. The molecule has 0 radical (unpaired) electrons. The fourth-order valence-electron chi connectivity index (χ4n) is 2.38. The monoisotopic (exact) mass is 424 g/mol. The highest BCUT2D eigenvalue weighted by Gasteiger charge is 2.12. The number of anilines is 1. The molecule has 2 aromatic carbocycles. The lowest BCUT2D eigenvalue weighted by Gasteiger charge is -2.06. The van der Waals surface area contributed by atoms with Gasteiger partial charge in [-0.3, -0.25) is 14.4 Å². The van der Waals surface area contributed by atoms with Gasteiger partial charge in [0.25, 0.3) is 5.91 Å². The highest BCUT2D eigenvalue weighted by molar-refractivity contribution is 6.35. The molecule has 1 heterocycles. The largest absolute Gasteiger partial charge is 0.467 e. The van der Waals surface area contributed by atoms with Gasteiger partial charge in [0.05, 0.1) is 19.0 Å². The number of halogens is 1. The lowest BCUT2D eigenvalue weighted by Crippen LogP contribution is -2.37. The fourth-order valence-corrected chi connectivity index (χ4v) is 2.50. The first-order valence-electron chi connectivity index (χ1n) is 8.82. The number of amides is 3. The summed E-state index contributed by atoms with van der Waals surface area (Å²) in [4.78, 5) is 35.7. The molecule has 0 fully saturated rings. The number of hydrogen-bond acceptors (Lipinski definition) is 5. The topological polar surface area (TPSA) is 113 Å². The summed E-state index contributed by atoms with van der Waals surface area (Å²) in [6, 6.07) is 16.7. The number of rotatable bonds is 6. The van der Waals surface area contributed by atoms with Crippen molar-refractivity contribution in [2.75, 3.05) is 5.32 Å². The molecule has 0 saturated carbocycles. The maximum absolute atomic E-state index is 12.3. The molecule has 0 saturated heterocycles. The zero-order chi connectivity index (χ0) is 21.3. The Labute approximate surface area is 176 Å². The molecule has 0 aliphatic heterocycles. The van der Waals surface area contributed by atoms with E-state index in [1.54, 1.807) is 60.7 Å². The smallest absolute Gasteiger partial charge is 0.329 e. The molecule has 0 unspecified atom stereocenters. The van der Waals surface area contributed by atoms with Crippen LogP contribution in [-0.2, 0) is 16.1 Å². The predicted octanol–water partition coefficient (Wildman–Crippen LogP) is 2.95. The van der Waals surface area contributed by atoms with Crippen LogP contribution in [0.3, 0.4) is 0 Å². The highest BCUT2D eigenvalue weighted by Crippen LogP contribution is 2.13. The van der Waals surface area contributed by atoms with Crippen molar-refractivity contribution in [2.24, 2.45) is 5.10 Å². The average Bonchev–Trinajstić information content (AvgIpc) is 3.26. The molecule has 0 spiro atoms. The Morgan fingerprint density at radius 3 is 2.53 bits per heavy atom. The van der Waals surface area contributed by atoms with Gasteiger partial charge in [-0.25, -0.2) is 5.43 Å². The van der Waals surface area contributed by atoms with E-state index in [9.17, 15) is 14.4 Å². The molecule has 9 heteroatoms. The lowest BCUT2D eigenvalue weighted by molar-refractivity contribution is -0.139. The van der Waals surface area contributed by atoms with Crippen molar-refractivity contribution in [1.29, 1.82) is 0 Å². The van der Waals surface area contributed by atoms with Crippen molar-refractivity contribution in [3.63, 3.8) is 0 Å². The Morgan fingerprint density at radius 2 is 1.80 bits per heavy atom. The van der Waals surface area contributed by atoms with Crippen LogP contribution in [0.25, 0.3) is 0 Å². The van der Waals surface area contributed by atoms with Gasteiger partial charge in [-0.1, -0.05) is 23.7 Å². The fraction of sp³-hybridized carbons (Fsp3) is 0.0476. The van der Waals surface area contributed by atoms with E-state index in [-0.39, 0.29) is 12.5 Å². The molecule has 3 amide bonds. The molecule has 8 nitrogen and oxygen atoms in total. The van der Waals surface area contributed by atoms with Gasteiger partial charge in [0.2, 0.25) is 0 Å². The number of carbonyl (C=O) groups excluding carboxylic acids is 3. The normalized spacial score (nSPS) is 10.6. The first-order valence-corrected chi connectivity index (χ1v) is 9.19. The number of carbonyl (C=O) groups is 3. The molecule has 3 aromatic rings. The molecular formula is C21H17ClN4O4. The van der Waals surface area contributed by atoms with E-state index in [1.807, 2.05) is 0 Å². The summed E-state index contributed by atoms with van der Waals surface area (Å²) in [5.74, 6) is -1.52. The van der Waals surface area contributed by atoms with E-state index in [1.165, 1.54) is 12.5 Å². The van der Waals surface area contributed by atoms with Crippen LogP contribution in [0.5, 0.6) is 0 Å². The van der Waals surface area contributed by atoms with E-state index in [2.05, 4.69) is 21.2 Å². The minimum absolute atomic E-state index is 0.0956. The summed E-state index contributed by atoms with van der Waals surface area (Å²) in [6.07, 6.45) is 2.83. The van der Waals surface area contributed by atoms with Gasteiger partial charge >= 0.3 is 11.8 Å². The van der Waals surface area contributed by atoms with E-state index < -0.39 is 11.8 Å². The zero-order valence-electron chi connectivity index (χ0n) is 15.6. The zero-order valence-corrected chi connectivity index (χ0v) is 16.3. The average molecular weight is 425 g/mol. The molecule has 152 valence electrons. The van der Waals surface area contributed by atoms with Gasteiger partial charge in [0, 0.05) is 16.3 Å². The molecule has 1 aromatic heterocycles. The SMILES string of the molecule is O=C(NCc1ccco1)C(=O)N/N=C/c1cccc(NC(=O)c2ccc(Cl)cc2)c1. The molecular weight excluding hydrogens is 408 g/mol. The van der Waals surface area contributed by atoms with Crippen molar-refractivity contribution in [2.45, 2.75) is 6.54 Å². The van der Waals surface area contributed by atoms with Crippen LogP contribution in [0.1, 0.15) is 21.7 Å². The molecule has 0 aliphatic carbocycles. The molecule has 0 atom stereocenters. The van der Waals surface area contributed by atoms with Gasteiger partial charge in [-0.15, -0.1) is 0 Å². The quantitative estimate of drug-likeness (QED) is 0.321. The Hall–Kier alpha value is -3.91. The van der Waals surface area contributed by atoms with Gasteiger partial charge in [0.1, 0.15) is 5.76 Å². The second-order valence-electron chi connectivity index (χ2n) is 6.05. The minimum atomic E-state index is -0.912. The Bertz CT molecular complexity index is 1060. The van der Waals surface area contributed by atoms with E-state index in [4.69, 9.17) is 16.0 Å². The van der Waals surface area contributed by atoms with Crippen molar-refractivity contribution < 1.29 is 18.8 Å². The van der Waals surface area contributed by atoms with Gasteiger partial charge in [0.15, 0.2) is 0 Å². The standard InChI is InChI=1S/C21H17ClN4O4/c22-16-8-6-15(7-9-16)19(27)25-17-4-1-3-14(11-17)12-24-26-21(29)20(28)23-13-18-5-2-10-30-18/h1-12H,13H2,(H,23,28)(H,25,27)(H,26,29)/b24-12+. The first kappa shape index (κ1) is 20.8. The van der Waals surface area contributed by atoms with E-state index >= 15 is 0 Å². The Morgan fingerprint density at radius 1 is 1.00 bits per heavy atom. The van der Waals surface area contributed by atoms with Crippen molar-refractivity contribution in [3.8, 4) is 0 Å². The summed E-state index contributed by atoms with van der Waals surface area (Å²) in [5.41, 5.74) is 3.76. The van der Waals surface area contributed by atoms with Crippen LogP contribution in [0.15, 0.2) is 76.4 Å². The van der Waals surface area contributed by atoms with Gasteiger partial charge in [-0.2, -0.15) is 5.10 Å². The van der Waals surface area contributed by atoms with Crippen LogP contribution in [-0.4, -0.2) is 23.9 Å². The number of hydrogen-bond donors (Lipinski definition) is 3. The summed E-state index contributed by atoms with van der Waals surface area (Å²) < 4.78 is 5.06. The van der Waals surface area contributed by atoms with Gasteiger partial charge < -0.3 is 15.1 Å². The van der Waals surface area contributed by atoms with E-state index in [0.717, 1.165) is 0 Å². The van der Waals surface area contributed by atoms with Crippen molar-refractivity contribution in [1.82, 2.24) is 10.7 Å². The lowest BCUT2D eigenvalue weighted by atomic mass is 10.2. The molecule has 0 bridgehead atoms. The number of nitrogens with zero attached hydrogens (tertiary/aromatic N) is 1. The van der Waals surface area contributed by atoms with Crippen LogP contribution in [0.2, 0.25) is 5.02 Å². The summed E-state index contributed by atoms with van der Waals surface area (Å²) in [7, 11) is 0. The number of hydrazone groups is 1. The highest BCUT2D eigenvalue weighted by atomic mass is 35.5. The van der Waals surface area contributed by atoms with E-state index in [0.29, 0.717) is 27.6 Å². The van der Waals surface area contributed by atoms with Crippen LogP contribution in [0, 0.1) is 0 Å².